The van der Waals surface area contributed by atoms with Crippen LogP contribution in [0.15, 0.2) is 78.4 Å². The first-order chi connectivity index (χ1) is 17.1. The zero-order valence-corrected chi connectivity index (χ0v) is 19.3. The standard InChI is InChI=1S/C28H25NO6/c1-2-13-33-21-10-6-9-20(17-21)29-25(18-7-4-3-5-8-18)24(27(31)28(29)32)26(30)19-11-12-22-23(16-19)35-15-14-34-22/h3-12,16-17,25,30H,2,13-15H2,1H3/b26-24-. The van der Waals surface area contributed by atoms with E-state index < -0.39 is 17.7 Å². The number of fused-ring (bicyclic) bond motifs is 1. The number of benzene rings is 3. The minimum absolute atomic E-state index is 0.0118. The molecule has 178 valence electrons. The Hall–Kier alpha value is -4.26. The first kappa shape index (κ1) is 22.5. The molecule has 3 aromatic rings. The summed E-state index contributed by atoms with van der Waals surface area (Å²) < 4.78 is 16.9. The van der Waals surface area contributed by atoms with Crippen LogP contribution in [0.3, 0.4) is 0 Å². The van der Waals surface area contributed by atoms with Crippen molar-refractivity contribution in [3.05, 3.63) is 89.5 Å². The second kappa shape index (κ2) is 9.54. The lowest BCUT2D eigenvalue weighted by Crippen LogP contribution is -2.29. The molecule has 0 aliphatic carbocycles. The predicted molar refractivity (Wildman–Crippen MR) is 131 cm³/mol. The van der Waals surface area contributed by atoms with E-state index in [0.717, 1.165) is 6.42 Å². The monoisotopic (exact) mass is 471 g/mol. The van der Waals surface area contributed by atoms with Crippen LogP contribution < -0.4 is 19.1 Å². The SMILES string of the molecule is CCCOc1cccc(N2C(=O)C(=O)/C(=C(\O)c3ccc4c(c3)OCCO4)C2c2ccccc2)c1. The van der Waals surface area contributed by atoms with E-state index in [4.69, 9.17) is 14.2 Å². The van der Waals surface area contributed by atoms with Gasteiger partial charge in [-0.15, -0.1) is 0 Å². The number of anilines is 1. The Morgan fingerprint density at radius 3 is 2.51 bits per heavy atom. The zero-order chi connectivity index (χ0) is 24.4. The Morgan fingerprint density at radius 2 is 1.74 bits per heavy atom. The number of aliphatic hydroxyl groups excluding tert-OH is 1. The molecule has 7 nitrogen and oxygen atoms in total. The van der Waals surface area contributed by atoms with Gasteiger partial charge in [-0.05, 0) is 42.3 Å². The van der Waals surface area contributed by atoms with Crippen LogP contribution in [0, 0.1) is 0 Å². The number of carbonyl (C=O) groups excluding carboxylic acids is 2. The molecule has 0 aromatic heterocycles. The smallest absolute Gasteiger partial charge is 0.300 e. The quantitative estimate of drug-likeness (QED) is 0.314. The van der Waals surface area contributed by atoms with Crippen LogP contribution in [0.25, 0.3) is 5.76 Å². The molecule has 5 rings (SSSR count). The van der Waals surface area contributed by atoms with Crippen molar-refractivity contribution in [3.8, 4) is 17.2 Å². The number of nitrogens with zero attached hydrogens (tertiary/aromatic N) is 1. The average Bonchev–Trinajstić information content (AvgIpc) is 3.17. The second-order valence-corrected chi connectivity index (χ2v) is 8.28. The Bertz CT molecular complexity index is 1300. The Kier molecular flexibility index (Phi) is 6.14. The average molecular weight is 472 g/mol. The largest absolute Gasteiger partial charge is 0.507 e. The fraction of sp³-hybridized carbons (Fsp3) is 0.214. The number of carbonyl (C=O) groups is 2. The van der Waals surface area contributed by atoms with Crippen molar-refractivity contribution in [2.45, 2.75) is 19.4 Å². The minimum Gasteiger partial charge on any atom is -0.507 e. The fourth-order valence-electron chi connectivity index (χ4n) is 4.34. The van der Waals surface area contributed by atoms with Crippen molar-refractivity contribution >= 4 is 23.1 Å². The van der Waals surface area contributed by atoms with Crippen molar-refractivity contribution in [1.29, 1.82) is 0 Å². The summed E-state index contributed by atoms with van der Waals surface area (Å²) in [4.78, 5) is 28.1. The molecule has 1 N–H and O–H groups in total. The second-order valence-electron chi connectivity index (χ2n) is 8.28. The van der Waals surface area contributed by atoms with Gasteiger partial charge in [0.2, 0.25) is 0 Å². The van der Waals surface area contributed by atoms with E-state index in [9.17, 15) is 14.7 Å². The van der Waals surface area contributed by atoms with Gasteiger partial charge in [-0.25, -0.2) is 0 Å². The van der Waals surface area contributed by atoms with Gasteiger partial charge < -0.3 is 19.3 Å². The van der Waals surface area contributed by atoms with Gasteiger partial charge in [-0.2, -0.15) is 0 Å². The van der Waals surface area contributed by atoms with Crippen LogP contribution in [-0.2, 0) is 9.59 Å². The van der Waals surface area contributed by atoms with Crippen molar-refractivity contribution in [3.63, 3.8) is 0 Å². The Labute approximate surface area is 203 Å². The molecule has 2 aliphatic rings. The maximum absolute atomic E-state index is 13.3. The molecular formula is C28H25NO6. The molecule has 0 radical (unpaired) electrons. The molecule has 2 aliphatic heterocycles. The van der Waals surface area contributed by atoms with Crippen LogP contribution in [0.5, 0.6) is 17.2 Å². The van der Waals surface area contributed by atoms with E-state index >= 15 is 0 Å². The summed E-state index contributed by atoms with van der Waals surface area (Å²) in [7, 11) is 0. The van der Waals surface area contributed by atoms with Gasteiger partial charge in [0.05, 0.1) is 18.2 Å². The highest BCUT2D eigenvalue weighted by atomic mass is 16.6. The molecular weight excluding hydrogens is 446 g/mol. The number of ether oxygens (including phenoxy) is 3. The third-order valence-electron chi connectivity index (χ3n) is 5.94. The molecule has 1 unspecified atom stereocenters. The van der Waals surface area contributed by atoms with Crippen molar-refractivity contribution < 1.29 is 28.9 Å². The Balaban J connectivity index is 1.64. The molecule has 2 heterocycles. The summed E-state index contributed by atoms with van der Waals surface area (Å²) in [5.74, 6) is -0.0972. The molecule has 1 atom stereocenters. The third-order valence-corrected chi connectivity index (χ3v) is 5.94. The summed E-state index contributed by atoms with van der Waals surface area (Å²) in [6.07, 6.45) is 0.842. The molecule has 7 heteroatoms. The molecule has 35 heavy (non-hydrogen) atoms. The van der Waals surface area contributed by atoms with E-state index in [2.05, 4.69) is 0 Å². The number of Topliss-reactive ketones (excluding diaryl/α,β-unsaturated/α-hetero) is 1. The first-order valence-electron chi connectivity index (χ1n) is 11.6. The van der Waals surface area contributed by atoms with E-state index in [1.807, 2.05) is 43.3 Å². The maximum atomic E-state index is 13.3. The molecule has 0 spiro atoms. The van der Waals surface area contributed by atoms with Crippen LogP contribution in [-0.4, -0.2) is 36.6 Å². The highest BCUT2D eigenvalue weighted by Gasteiger charge is 2.47. The van der Waals surface area contributed by atoms with Crippen molar-refractivity contribution in [2.24, 2.45) is 0 Å². The van der Waals surface area contributed by atoms with Gasteiger partial charge in [0, 0.05) is 17.3 Å². The van der Waals surface area contributed by atoms with Crippen LogP contribution in [0.4, 0.5) is 5.69 Å². The highest BCUT2D eigenvalue weighted by molar-refractivity contribution is 6.51. The topological polar surface area (TPSA) is 85.3 Å². The maximum Gasteiger partial charge on any atom is 0.300 e. The van der Waals surface area contributed by atoms with E-state index in [0.29, 0.717) is 53.9 Å². The minimum atomic E-state index is -0.814. The molecule has 1 saturated heterocycles. The van der Waals surface area contributed by atoms with Gasteiger partial charge in [0.25, 0.3) is 11.7 Å². The number of amides is 1. The summed E-state index contributed by atoms with van der Waals surface area (Å²) >= 11 is 0. The molecule has 1 amide bonds. The summed E-state index contributed by atoms with van der Waals surface area (Å²) in [5, 5.41) is 11.3. The number of rotatable bonds is 6. The van der Waals surface area contributed by atoms with Crippen molar-refractivity contribution in [1.82, 2.24) is 0 Å². The van der Waals surface area contributed by atoms with Gasteiger partial charge in [-0.1, -0.05) is 43.3 Å². The normalized spacial score (nSPS) is 18.5. The van der Waals surface area contributed by atoms with Gasteiger partial charge in [0.15, 0.2) is 11.5 Å². The first-order valence-corrected chi connectivity index (χ1v) is 11.6. The summed E-state index contributed by atoms with van der Waals surface area (Å²) in [6, 6.07) is 20.4. The van der Waals surface area contributed by atoms with Gasteiger partial charge in [-0.3, -0.25) is 14.5 Å². The van der Waals surface area contributed by atoms with Crippen molar-refractivity contribution in [2.75, 3.05) is 24.7 Å². The fourth-order valence-corrected chi connectivity index (χ4v) is 4.34. The van der Waals surface area contributed by atoms with E-state index in [-0.39, 0.29) is 11.3 Å². The molecule has 3 aromatic carbocycles. The highest BCUT2D eigenvalue weighted by Crippen LogP contribution is 2.43. The van der Waals surface area contributed by atoms with Gasteiger partial charge >= 0.3 is 0 Å². The summed E-state index contributed by atoms with van der Waals surface area (Å²) in [6.45, 7) is 3.38. The molecule has 0 saturated carbocycles. The molecule has 0 bridgehead atoms. The summed E-state index contributed by atoms with van der Waals surface area (Å²) in [5.41, 5.74) is 1.59. The van der Waals surface area contributed by atoms with Crippen LogP contribution in [0.1, 0.15) is 30.5 Å². The lowest BCUT2D eigenvalue weighted by molar-refractivity contribution is -0.132. The van der Waals surface area contributed by atoms with Crippen LogP contribution >= 0.6 is 0 Å². The lowest BCUT2D eigenvalue weighted by atomic mass is 9.95. The van der Waals surface area contributed by atoms with Crippen LogP contribution in [0.2, 0.25) is 0 Å². The number of ketones is 1. The van der Waals surface area contributed by atoms with E-state index in [1.54, 1.807) is 36.4 Å². The predicted octanol–water partition coefficient (Wildman–Crippen LogP) is 4.87. The zero-order valence-electron chi connectivity index (χ0n) is 19.3. The Morgan fingerprint density at radius 1 is 0.971 bits per heavy atom. The number of hydrogen-bond acceptors (Lipinski definition) is 6. The number of hydrogen-bond donors (Lipinski definition) is 1. The lowest BCUT2D eigenvalue weighted by Gasteiger charge is -2.26. The number of aliphatic hydroxyl groups is 1. The molecule has 1 fully saturated rings. The van der Waals surface area contributed by atoms with Gasteiger partial charge in [0.1, 0.15) is 24.7 Å². The van der Waals surface area contributed by atoms with E-state index in [1.165, 1.54) is 4.90 Å². The third kappa shape index (κ3) is 4.21.